The van der Waals surface area contributed by atoms with Crippen molar-refractivity contribution in [3.63, 3.8) is 0 Å². The highest BCUT2D eigenvalue weighted by Gasteiger charge is 2.42. The third kappa shape index (κ3) is 11.3. The summed E-state index contributed by atoms with van der Waals surface area (Å²) in [6, 6.07) is 5.50. The molecule has 0 aliphatic carbocycles. The normalized spacial score (nSPS) is 17.7. The fraction of sp³-hybridized carbons (Fsp3) is 0.553. The number of carbonyl (C=O) groups excluding carboxylic acids is 9. The molecule has 2 saturated heterocycles. The number of Topliss-reactive ketones (excluding diaryl/α,β-unsaturated/α-hetero) is 2. The van der Waals surface area contributed by atoms with Gasteiger partial charge >= 0.3 is 0 Å². The van der Waals surface area contributed by atoms with Crippen LogP contribution in [0.3, 0.4) is 0 Å². The number of carbonyl (C=O) groups is 9. The summed E-state index contributed by atoms with van der Waals surface area (Å²) in [4.78, 5) is 139. The molecule has 2 aromatic rings. The van der Waals surface area contributed by atoms with Gasteiger partial charge in [-0.3, -0.25) is 73.2 Å². The van der Waals surface area contributed by atoms with Crippen molar-refractivity contribution >= 4 is 75.7 Å². The molecule has 2 unspecified atom stereocenters. The van der Waals surface area contributed by atoms with Gasteiger partial charge in [0.05, 0.1) is 9.85 Å². The minimum atomic E-state index is -0.631. The van der Waals surface area contributed by atoms with Gasteiger partial charge in [-0.05, 0) is 47.9 Å². The maximum atomic E-state index is 12.9. The number of nitrogens with one attached hydrogen (secondary N) is 1. The van der Waals surface area contributed by atoms with Gasteiger partial charge in [0.2, 0.25) is 35.4 Å². The number of hydrogen-bond donors (Lipinski definition) is 1. The number of imide groups is 2. The highest BCUT2D eigenvalue weighted by atomic mass is 16.6. The summed E-state index contributed by atoms with van der Waals surface area (Å²) in [7, 11) is 0. The molecule has 67 heavy (non-hydrogen) atoms. The minimum absolute atomic E-state index is 0.0144. The zero-order chi connectivity index (χ0) is 49.8. The zero-order valence-corrected chi connectivity index (χ0v) is 39.2. The van der Waals surface area contributed by atoms with Crippen molar-refractivity contribution in [3.05, 3.63) is 66.7 Å². The molecule has 7 amide bonds. The number of amides is 7. The number of nitrogens with zero attached hydrogens (tertiary/aromatic N) is 6. The largest absolute Gasteiger partial charge is 0.350 e. The van der Waals surface area contributed by atoms with E-state index in [-0.39, 0.29) is 175 Å². The molecule has 2 fully saturated rings. The summed E-state index contributed by atoms with van der Waals surface area (Å²) in [5.41, 5.74) is 1.14. The first-order valence-corrected chi connectivity index (χ1v) is 22.7. The second kappa shape index (κ2) is 21.3. The fourth-order valence-corrected chi connectivity index (χ4v) is 8.74. The molecule has 4 heterocycles. The first kappa shape index (κ1) is 51.3. The number of benzene rings is 2. The number of nitro groups is 2. The lowest BCUT2D eigenvalue weighted by Crippen LogP contribution is -2.39. The van der Waals surface area contributed by atoms with Gasteiger partial charge in [-0.15, -0.1) is 0 Å². The average molecular weight is 930 g/mol. The topological polar surface area (TPSA) is 265 Å². The summed E-state index contributed by atoms with van der Waals surface area (Å²) >= 11 is 0. The first-order chi connectivity index (χ1) is 31.4. The molecule has 0 spiro atoms. The first-order valence-electron chi connectivity index (χ1n) is 22.7. The Morgan fingerprint density at radius 3 is 1.51 bits per heavy atom. The summed E-state index contributed by atoms with van der Waals surface area (Å²) < 4.78 is 0. The minimum Gasteiger partial charge on any atom is -0.350 e. The standard InChI is InChI=1S/C25H32N4O7.C22H27N3O6/c1-14(2)18-13-22(32)28(25(18)34)10-8-26-24(33)17-11-16-7-9-27(23(16)19(12-17)29(35)36)21(31)6-5-20(30)15(3)4;1-12(2)16-11-19(27)24(22(16)29)8-6-18(26)23-7-5-14-9-15(21(28)13(3)4)10-17(20(14)23)25(30)31/h11-12,14-15,18H,5-10,13H2,1-4H3,(H,26,33);9-10,12-13,16H,5-8,11H2,1-4H3. The molecule has 0 aromatic heterocycles. The lowest BCUT2D eigenvalue weighted by atomic mass is 9.94. The molecule has 4 aliphatic rings. The Kier molecular flexibility index (Phi) is 16.3. The molecule has 0 bridgehead atoms. The van der Waals surface area contributed by atoms with Crippen molar-refractivity contribution in [1.82, 2.24) is 15.1 Å². The van der Waals surface area contributed by atoms with Crippen LogP contribution in [0.2, 0.25) is 0 Å². The van der Waals surface area contributed by atoms with Crippen LogP contribution in [-0.4, -0.2) is 105 Å². The van der Waals surface area contributed by atoms with Crippen LogP contribution in [0, 0.1) is 55.7 Å². The molecule has 1 N–H and O–H groups in total. The van der Waals surface area contributed by atoms with Gasteiger partial charge in [0.15, 0.2) is 5.78 Å². The Bertz CT molecular complexity index is 2410. The Morgan fingerprint density at radius 2 is 1.07 bits per heavy atom. The van der Waals surface area contributed by atoms with E-state index in [0.29, 0.717) is 24.0 Å². The van der Waals surface area contributed by atoms with E-state index in [0.717, 1.165) is 15.9 Å². The van der Waals surface area contributed by atoms with Crippen molar-refractivity contribution in [2.45, 2.75) is 100 Å². The van der Waals surface area contributed by atoms with Crippen molar-refractivity contribution < 1.29 is 53.0 Å². The zero-order valence-electron chi connectivity index (χ0n) is 39.2. The van der Waals surface area contributed by atoms with E-state index in [1.165, 1.54) is 21.9 Å². The maximum Gasteiger partial charge on any atom is 0.294 e. The van der Waals surface area contributed by atoms with E-state index in [1.807, 2.05) is 27.7 Å². The van der Waals surface area contributed by atoms with Gasteiger partial charge in [0.25, 0.3) is 17.3 Å². The van der Waals surface area contributed by atoms with Gasteiger partial charge < -0.3 is 15.1 Å². The number of hydrogen-bond acceptors (Lipinski definition) is 13. The molecule has 2 aromatic carbocycles. The Labute approximate surface area is 388 Å². The van der Waals surface area contributed by atoms with Crippen LogP contribution in [0.4, 0.5) is 22.7 Å². The second-order valence-electron chi connectivity index (χ2n) is 18.6. The molecular weight excluding hydrogens is 871 g/mol. The molecule has 6 rings (SSSR count). The second-order valence-corrected chi connectivity index (χ2v) is 18.6. The summed E-state index contributed by atoms with van der Waals surface area (Å²) in [5, 5.41) is 26.1. The average Bonchev–Trinajstić information content (AvgIpc) is 4.04. The number of ketones is 2. The van der Waals surface area contributed by atoms with E-state index in [4.69, 9.17) is 0 Å². The molecule has 20 heteroatoms. The monoisotopic (exact) mass is 929 g/mol. The van der Waals surface area contributed by atoms with Gasteiger partial charge in [-0.2, -0.15) is 0 Å². The van der Waals surface area contributed by atoms with E-state index in [2.05, 4.69) is 5.32 Å². The Balaban J connectivity index is 0.000000254. The van der Waals surface area contributed by atoms with Crippen LogP contribution in [0.1, 0.15) is 119 Å². The lowest BCUT2D eigenvalue weighted by Gasteiger charge is -2.20. The summed E-state index contributed by atoms with van der Waals surface area (Å²) in [6.07, 6.45) is 0.966. The van der Waals surface area contributed by atoms with Crippen molar-refractivity contribution in [2.24, 2.45) is 35.5 Å². The predicted molar refractivity (Wildman–Crippen MR) is 243 cm³/mol. The summed E-state index contributed by atoms with van der Waals surface area (Å²) in [6.45, 7) is 14.9. The molecule has 2 atom stereocenters. The SMILES string of the molecule is CC(C)C(=O)CCC(=O)N1CCc2cc(C(=O)NCCN3C(=O)CC(C(C)C)C3=O)cc([N+](=O)[O-])c21.CC(C)C(=O)c1cc2c(c([N+](=O)[O-])c1)N(C(=O)CCN1C(=O)CC(C(C)C)C1=O)CC2. The van der Waals surface area contributed by atoms with Gasteiger partial charge in [0.1, 0.15) is 17.2 Å². The third-order valence-electron chi connectivity index (χ3n) is 12.7. The number of nitro benzene ring substituents is 2. The number of rotatable bonds is 17. The van der Waals surface area contributed by atoms with E-state index in [9.17, 15) is 63.4 Å². The van der Waals surface area contributed by atoms with Crippen molar-refractivity contribution in [2.75, 3.05) is 42.5 Å². The molecule has 0 saturated carbocycles. The number of anilines is 2. The van der Waals surface area contributed by atoms with Crippen molar-refractivity contribution in [1.29, 1.82) is 0 Å². The number of likely N-dealkylation sites (tertiary alicyclic amines) is 2. The van der Waals surface area contributed by atoms with E-state index >= 15 is 0 Å². The molecule has 0 radical (unpaired) electrons. The lowest BCUT2D eigenvalue weighted by molar-refractivity contribution is -0.384. The van der Waals surface area contributed by atoms with Gasteiger partial charge in [-0.1, -0.05) is 55.4 Å². The number of fused-ring (bicyclic) bond motifs is 2. The molecule has 4 aliphatic heterocycles. The highest BCUT2D eigenvalue weighted by molar-refractivity contribution is 6.06. The van der Waals surface area contributed by atoms with Crippen LogP contribution in [-0.2, 0) is 46.4 Å². The van der Waals surface area contributed by atoms with Crippen LogP contribution in [0.15, 0.2) is 24.3 Å². The van der Waals surface area contributed by atoms with Gasteiger partial charge in [-0.25, -0.2) is 0 Å². The molecule has 360 valence electrons. The maximum absolute atomic E-state index is 12.9. The Hall–Kier alpha value is -6.73. The summed E-state index contributed by atoms with van der Waals surface area (Å²) in [5.74, 6) is -3.83. The van der Waals surface area contributed by atoms with Crippen LogP contribution < -0.4 is 15.1 Å². The van der Waals surface area contributed by atoms with Crippen LogP contribution in [0.5, 0.6) is 0 Å². The van der Waals surface area contributed by atoms with Crippen molar-refractivity contribution in [3.8, 4) is 0 Å². The van der Waals surface area contributed by atoms with Crippen LogP contribution in [0.25, 0.3) is 0 Å². The molecular formula is C47H59N7O13. The van der Waals surface area contributed by atoms with E-state index in [1.54, 1.807) is 33.8 Å². The third-order valence-corrected chi connectivity index (χ3v) is 12.7. The predicted octanol–water partition coefficient (Wildman–Crippen LogP) is 4.99. The fourth-order valence-electron chi connectivity index (χ4n) is 8.74. The highest BCUT2D eigenvalue weighted by Crippen LogP contribution is 2.40. The van der Waals surface area contributed by atoms with E-state index < -0.39 is 21.7 Å². The smallest absolute Gasteiger partial charge is 0.294 e. The quantitative estimate of drug-likeness (QED) is 0.0949. The van der Waals surface area contributed by atoms with Crippen LogP contribution >= 0.6 is 0 Å². The van der Waals surface area contributed by atoms with Gasteiger partial charge in [0, 0.05) is 112 Å². The Morgan fingerprint density at radius 1 is 0.627 bits per heavy atom. The molecule has 20 nitrogen and oxygen atoms in total.